The van der Waals surface area contributed by atoms with Crippen LogP contribution in [0.4, 0.5) is 0 Å². The van der Waals surface area contributed by atoms with Crippen LogP contribution in [0.25, 0.3) is 155 Å². The molecule has 0 saturated heterocycles. The Hall–Kier alpha value is -10.4. The van der Waals surface area contributed by atoms with Gasteiger partial charge in [-0.1, -0.05) is 206 Å². The Bertz CT molecular complexity index is 5010. The van der Waals surface area contributed by atoms with Gasteiger partial charge in [0.25, 0.3) is 0 Å². The van der Waals surface area contributed by atoms with Crippen molar-refractivity contribution in [2.45, 2.75) is 0 Å². The topological polar surface area (TPSA) is 57.9 Å². The standard InChI is InChI=1S/C69H41N7/c1-3-22-42(23-4-1)67-70-68(43-24-5-2-6-25-43)72-69(71-67)61-63(73-53-35-14-7-26-44(53)45-27-8-15-36-54(45)73)60-52-34-21-33-51-50-32-13-20-41-59(50)76(62(51)52)64(60)66(75-57-39-18-11-30-48(57)49-31-12-19-40-58(49)75)65(61)74-55-37-16-9-28-46(55)47-29-10-17-38-56(47)74/h1-41H. The van der Waals surface area contributed by atoms with Gasteiger partial charge in [-0.25, -0.2) is 15.0 Å². The van der Waals surface area contributed by atoms with Gasteiger partial charge >= 0.3 is 0 Å². The largest absolute Gasteiger partial charge is 0.308 e. The molecule has 7 nitrogen and oxygen atoms in total. The van der Waals surface area contributed by atoms with Crippen molar-refractivity contribution >= 4 is 104 Å². The summed E-state index contributed by atoms with van der Waals surface area (Å²) >= 11 is 0. The highest BCUT2D eigenvalue weighted by molar-refractivity contribution is 6.30. The SMILES string of the molecule is c1ccc(-c2nc(-c3ccccc3)nc(-c3c(-n4c5ccccc5c5ccccc54)c(-n4c5ccccc5c5ccccc54)c4c(c3-n3c5ccccc5c5ccccc53)c3cccc5c6ccccc6n4c53)n2)cc1. The van der Waals surface area contributed by atoms with Gasteiger partial charge in [-0.15, -0.1) is 0 Å². The number of benzene rings is 11. The molecule has 0 aliphatic rings. The third-order valence-corrected chi connectivity index (χ3v) is 15.9. The molecule has 6 heterocycles. The number of fused-ring (bicyclic) bond motifs is 15. The van der Waals surface area contributed by atoms with E-state index in [1.54, 1.807) is 0 Å². The zero-order valence-electron chi connectivity index (χ0n) is 40.8. The summed E-state index contributed by atoms with van der Waals surface area (Å²) in [5.41, 5.74) is 15.5. The summed E-state index contributed by atoms with van der Waals surface area (Å²) in [6.07, 6.45) is 0. The summed E-state index contributed by atoms with van der Waals surface area (Å²) in [6.45, 7) is 0. The van der Waals surface area contributed by atoms with Crippen LogP contribution in [0.1, 0.15) is 0 Å². The van der Waals surface area contributed by atoms with Gasteiger partial charge in [0.15, 0.2) is 17.5 Å². The van der Waals surface area contributed by atoms with Crippen molar-refractivity contribution in [1.82, 2.24) is 33.1 Å². The summed E-state index contributed by atoms with van der Waals surface area (Å²) in [5.74, 6) is 1.73. The fourth-order valence-corrected chi connectivity index (χ4v) is 12.9. The van der Waals surface area contributed by atoms with E-state index in [1.807, 2.05) is 12.1 Å². The summed E-state index contributed by atoms with van der Waals surface area (Å²) in [4.78, 5) is 17.0. The summed E-state index contributed by atoms with van der Waals surface area (Å²) in [7, 11) is 0. The quantitative estimate of drug-likeness (QED) is 0.167. The molecule has 0 N–H and O–H groups in total. The van der Waals surface area contributed by atoms with E-state index in [4.69, 9.17) is 15.0 Å². The molecule has 0 amide bonds. The van der Waals surface area contributed by atoms with Crippen LogP contribution in [0, 0.1) is 0 Å². The van der Waals surface area contributed by atoms with E-state index >= 15 is 0 Å². The lowest BCUT2D eigenvalue weighted by atomic mass is 9.98. The van der Waals surface area contributed by atoms with Crippen LogP contribution in [0.15, 0.2) is 249 Å². The van der Waals surface area contributed by atoms with Crippen molar-refractivity contribution in [2.24, 2.45) is 0 Å². The van der Waals surface area contributed by atoms with Crippen molar-refractivity contribution < 1.29 is 0 Å². The van der Waals surface area contributed by atoms with Crippen molar-refractivity contribution in [1.29, 1.82) is 0 Å². The molecule has 352 valence electrons. The molecule has 76 heavy (non-hydrogen) atoms. The van der Waals surface area contributed by atoms with E-state index < -0.39 is 0 Å². The Morgan fingerprint density at radius 1 is 0.224 bits per heavy atom. The van der Waals surface area contributed by atoms with E-state index in [0.29, 0.717) is 17.5 Å². The number of hydrogen-bond donors (Lipinski definition) is 0. The van der Waals surface area contributed by atoms with E-state index in [1.165, 1.54) is 27.1 Å². The molecule has 17 rings (SSSR count). The smallest absolute Gasteiger partial charge is 0.168 e. The minimum absolute atomic E-state index is 0.555. The first kappa shape index (κ1) is 41.1. The predicted octanol–water partition coefficient (Wildman–Crippen LogP) is 17.3. The highest BCUT2D eigenvalue weighted by atomic mass is 15.1. The van der Waals surface area contributed by atoms with Gasteiger partial charge in [0.1, 0.15) is 0 Å². The van der Waals surface area contributed by atoms with Gasteiger partial charge < -0.3 is 18.1 Å². The molecule has 0 radical (unpaired) electrons. The summed E-state index contributed by atoms with van der Waals surface area (Å²) < 4.78 is 10.2. The molecule has 7 heteroatoms. The molecule has 0 unspecified atom stereocenters. The molecule has 0 spiro atoms. The third kappa shape index (κ3) is 5.52. The highest BCUT2D eigenvalue weighted by Crippen LogP contribution is 2.53. The van der Waals surface area contributed by atoms with Crippen LogP contribution < -0.4 is 0 Å². The molecule has 0 saturated carbocycles. The molecule has 0 fully saturated rings. The lowest BCUT2D eigenvalue weighted by Gasteiger charge is -2.26. The van der Waals surface area contributed by atoms with Gasteiger partial charge in [-0.3, -0.25) is 0 Å². The van der Waals surface area contributed by atoms with Crippen molar-refractivity contribution in [3.05, 3.63) is 249 Å². The lowest BCUT2D eigenvalue weighted by Crippen LogP contribution is -2.13. The summed E-state index contributed by atoms with van der Waals surface area (Å²) in [6, 6.07) is 89.7. The molecule has 0 aliphatic carbocycles. The Morgan fingerprint density at radius 2 is 0.539 bits per heavy atom. The fraction of sp³-hybridized carbons (Fsp3) is 0. The Kier molecular flexibility index (Phi) is 8.43. The third-order valence-electron chi connectivity index (χ3n) is 15.9. The predicted molar refractivity (Wildman–Crippen MR) is 314 cm³/mol. The average molecular weight is 968 g/mol. The van der Waals surface area contributed by atoms with Crippen molar-refractivity contribution in [3.8, 4) is 51.2 Å². The average Bonchev–Trinajstić information content (AvgIpc) is 4.41. The Labute approximate surface area is 434 Å². The number of para-hydroxylation sites is 8. The lowest BCUT2D eigenvalue weighted by molar-refractivity contribution is 1.04. The second-order valence-electron chi connectivity index (χ2n) is 19.8. The molecule has 11 aromatic carbocycles. The minimum Gasteiger partial charge on any atom is -0.308 e. The molecular weight excluding hydrogens is 927 g/mol. The fourth-order valence-electron chi connectivity index (χ4n) is 12.9. The first-order valence-corrected chi connectivity index (χ1v) is 25.9. The van der Waals surface area contributed by atoms with E-state index in [2.05, 4.69) is 255 Å². The zero-order chi connectivity index (χ0) is 49.6. The number of rotatable bonds is 6. The maximum atomic E-state index is 5.80. The van der Waals surface area contributed by atoms with Gasteiger partial charge in [-0.2, -0.15) is 0 Å². The Morgan fingerprint density at radius 3 is 0.974 bits per heavy atom. The van der Waals surface area contributed by atoms with Crippen LogP contribution in [-0.2, 0) is 0 Å². The second kappa shape index (κ2) is 15.6. The van der Waals surface area contributed by atoms with Crippen LogP contribution in [0.5, 0.6) is 0 Å². The van der Waals surface area contributed by atoms with Crippen LogP contribution in [0.3, 0.4) is 0 Å². The highest BCUT2D eigenvalue weighted by Gasteiger charge is 2.35. The van der Waals surface area contributed by atoms with Crippen molar-refractivity contribution in [3.63, 3.8) is 0 Å². The maximum Gasteiger partial charge on any atom is 0.168 e. The van der Waals surface area contributed by atoms with Gasteiger partial charge in [-0.05, 0) is 42.5 Å². The van der Waals surface area contributed by atoms with Gasteiger partial charge in [0, 0.05) is 65.0 Å². The number of aromatic nitrogens is 7. The van der Waals surface area contributed by atoms with Gasteiger partial charge in [0.05, 0.1) is 72.3 Å². The van der Waals surface area contributed by atoms with Crippen LogP contribution >= 0.6 is 0 Å². The minimum atomic E-state index is 0.555. The normalized spacial score (nSPS) is 12.2. The molecule has 0 aliphatic heterocycles. The number of hydrogen-bond acceptors (Lipinski definition) is 3. The molecule has 0 bridgehead atoms. The zero-order valence-corrected chi connectivity index (χ0v) is 40.8. The molecule has 17 aromatic rings. The molecule has 6 aromatic heterocycles. The van der Waals surface area contributed by atoms with E-state index in [9.17, 15) is 0 Å². The van der Waals surface area contributed by atoms with Crippen LogP contribution in [-0.4, -0.2) is 33.1 Å². The van der Waals surface area contributed by atoms with Gasteiger partial charge in [0.2, 0.25) is 0 Å². The van der Waals surface area contributed by atoms with Crippen molar-refractivity contribution in [2.75, 3.05) is 0 Å². The maximum absolute atomic E-state index is 5.80. The van der Waals surface area contributed by atoms with E-state index in [0.717, 1.165) is 110 Å². The first-order valence-electron chi connectivity index (χ1n) is 25.9. The monoisotopic (exact) mass is 967 g/mol. The summed E-state index contributed by atoms with van der Waals surface area (Å²) in [5, 5.41) is 11.6. The van der Waals surface area contributed by atoms with Crippen LogP contribution in [0.2, 0.25) is 0 Å². The number of nitrogens with zero attached hydrogens (tertiary/aromatic N) is 7. The Balaban J connectivity index is 1.25. The first-order chi connectivity index (χ1) is 37.8. The second-order valence-corrected chi connectivity index (χ2v) is 19.8. The molecular formula is C69H41N7. The van der Waals surface area contributed by atoms with E-state index in [-0.39, 0.29) is 0 Å². The molecule has 0 atom stereocenters.